The van der Waals surface area contributed by atoms with E-state index in [1.54, 1.807) is 0 Å². The van der Waals surface area contributed by atoms with E-state index in [9.17, 15) is 9.59 Å². The Bertz CT molecular complexity index is 144. The van der Waals surface area contributed by atoms with E-state index in [-0.39, 0.29) is 20.4 Å². The van der Waals surface area contributed by atoms with Crippen LogP contribution in [-0.4, -0.2) is 32.7 Å². The van der Waals surface area contributed by atoms with Crippen molar-refractivity contribution in [3.05, 3.63) is 0 Å². The zero-order chi connectivity index (χ0) is 8.31. The first-order valence-corrected chi connectivity index (χ1v) is 3.32. The van der Waals surface area contributed by atoms with Gasteiger partial charge in [0.15, 0.2) is 0 Å². The van der Waals surface area contributed by atoms with Gasteiger partial charge in [-0.25, -0.2) is 0 Å². The molecule has 0 aromatic rings. The number of rotatable bonds is 3. The van der Waals surface area contributed by atoms with Crippen molar-refractivity contribution in [3.8, 4) is 0 Å². The van der Waals surface area contributed by atoms with Gasteiger partial charge in [-0.1, -0.05) is 0 Å². The fourth-order valence-electron chi connectivity index (χ4n) is 0.270. The third kappa shape index (κ3) is 4.69. The van der Waals surface area contributed by atoms with Crippen LogP contribution in [-0.2, 0) is 30.0 Å². The molecule has 0 amide bonds. The molecule has 65 valence electrons. The molecule has 1 radical (unpaired) electrons. The number of carboxylic acids is 2. The Morgan fingerprint density at radius 3 is 1.27 bits per heavy atom. The van der Waals surface area contributed by atoms with E-state index in [4.69, 9.17) is 10.2 Å². The van der Waals surface area contributed by atoms with E-state index >= 15 is 0 Å². The van der Waals surface area contributed by atoms with Crippen LogP contribution in [0.3, 0.4) is 0 Å². The van der Waals surface area contributed by atoms with E-state index in [1.165, 1.54) is 0 Å². The van der Waals surface area contributed by atoms with Crippen LogP contribution in [0.5, 0.6) is 0 Å². The minimum absolute atomic E-state index is 0. The molecule has 0 aliphatic heterocycles. The van der Waals surface area contributed by atoms with Gasteiger partial charge in [0.25, 0.3) is 0 Å². The number of aliphatic carboxylic acids is 2. The minimum atomic E-state index is -1.29. The van der Waals surface area contributed by atoms with Crippen molar-refractivity contribution in [2.24, 2.45) is 0 Å². The second-order valence-corrected chi connectivity index (χ2v) is 2.68. The van der Waals surface area contributed by atoms with E-state index in [1.807, 2.05) is 0 Å². The third-order valence-corrected chi connectivity index (χ3v) is 2.08. The molecule has 4 nitrogen and oxygen atoms in total. The standard InChI is InChI=1S/C4H6O4S2.Re/c5-3(6)1(9)2(10)4(7)8;/h1-2,9-10H,(H,5,6)(H,7,8);. The van der Waals surface area contributed by atoms with Gasteiger partial charge in [-0.2, -0.15) is 25.3 Å². The maximum atomic E-state index is 10.1. The average Bonchev–Trinajstić information content (AvgIpc) is 1.84. The summed E-state index contributed by atoms with van der Waals surface area (Å²) < 4.78 is 0. The van der Waals surface area contributed by atoms with E-state index in [2.05, 4.69) is 25.3 Å². The fourth-order valence-corrected chi connectivity index (χ4v) is 0.525. The van der Waals surface area contributed by atoms with Crippen LogP contribution >= 0.6 is 25.3 Å². The number of hydrogen-bond acceptors (Lipinski definition) is 4. The monoisotopic (exact) mass is 369 g/mol. The molecule has 7 heteroatoms. The second kappa shape index (κ2) is 5.89. The van der Waals surface area contributed by atoms with Crippen molar-refractivity contribution in [1.82, 2.24) is 0 Å². The Morgan fingerprint density at radius 1 is 1.00 bits per heavy atom. The summed E-state index contributed by atoms with van der Waals surface area (Å²) in [5.41, 5.74) is 0. The summed E-state index contributed by atoms with van der Waals surface area (Å²) in [5, 5.41) is 13.9. The quantitative estimate of drug-likeness (QED) is 0.519. The summed E-state index contributed by atoms with van der Waals surface area (Å²) in [7, 11) is 0. The Hall–Kier alpha value is 0.302. The summed E-state index contributed by atoms with van der Waals surface area (Å²) in [4.78, 5) is 20.1. The summed E-state index contributed by atoms with van der Waals surface area (Å²) >= 11 is 7.00. The predicted molar refractivity (Wildman–Crippen MR) is 40.8 cm³/mol. The number of carboxylic acid groups (broad SMARTS) is 2. The molecule has 0 fully saturated rings. The van der Waals surface area contributed by atoms with Crippen LogP contribution in [0.15, 0.2) is 0 Å². The van der Waals surface area contributed by atoms with Crippen LogP contribution in [0.4, 0.5) is 0 Å². The van der Waals surface area contributed by atoms with Gasteiger partial charge >= 0.3 is 11.9 Å². The topological polar surface area (TPSA) is 74.6 Å². The van der Waals surface area contributed by atoms with Gasteiger partial charge in [0.05, 0.1) is 0 Å². The normalized spacial score (nSPS) is 14.4. The van der Waals surface area contributed by atoms with Gasteiger partial charge in [-0.15, -0.1) is 0 Å². The molecule has 0 aromatic heterocycles. The molecular weight excluding hydrogens is 362 g/mol. The van der Waals surface area contributed by atoms with Crippen LogP contribution in [0, 0.1) is 0 Å². The van der Waals surface area contributed by atoms with E-state index < -0.39 is 22.4 Å². The summed E-state index contributed by atoms with van der Waals surface area (Å²) in [6, 6.07) is 0. The summed E-state index contributed by atoms with van der Waals surface area (Å²) in [5.74, 6) is -2.57. The maximum absolute atomic E-state index is 10.1. The minimum Gasteiger partial charge on any atom is -0.480 e. The van der Waals surface area contributed by atoms with Crippen LogP contribution in [0.2, 0.25) is 0 Å². The molecule has 0 rings (SSSR count). The van der Waals surface area contributed by atoms with Crippen molar-refractivity contribution in [2.75, 3.05) is 0 Å². The molecule has 0 saturated carbocycles. The smallest absolute Gasteiger partial charge is 0.318 e. The van der Waals surface area contributed by atoms with E-state index in [0.717, 1.165) is 0 Å². The van der Waals surface area contributed by atoms with Crippen molar-refractivity contribution in [2.45, 2.75) is 10.5 Å². The predicted octanol–water partition coefficient (Wildman–Crippen LogP) is -0.250. The Morgan fingerprint density at radius 2 is 1.18 bits per heavy atom. The molecule has 0 aromatic carbocycles. The summed E-state index contributed by atoms with van der Waals surface area (Å²) in [6.07, 6.45) is 0. The Labute approximate surface area is 87.8 Å². The van der Waals surface area contributed by atoms with Gasteiger partial charge in [0, 0.05) is 20.4 Å². The number of thiol groups is 2. The van der Waals surface area contributed by atoms with Crippen molar-refractivity contribution in [3.63, 3.8) is 0 Å². The third-order valence-electron chi connectivity index (χ3n) is 0.805. The largest absolute Gasteiger partial charge is 0.480 e. The Kier molecular flexibility index (Phi) is 7.42. The van der Waals surface area contributed by atoms with E-state index in [0.29, 0.717) is 0 Å². The van der Waals surface area contributed by atoms with Gasteiger partial charge in [0.2, 0.25) is 0 Å². The zero-order valence-corrected chi connectivity index (χ0v) is 9.64. The van der Waals surface area contributed by atoms with Gasteiger partial charge in [-0.3, -0.25) is 9.59 Å². The molecule has 0 aliphatic carbocycles. The first-order chi connectivity index (χ1) is 4.46. The van der Waals surface area contributed by atoms with Gasteiger partial charge in [-0.05, 0) is 0 Å². The number of hydrogen-bond donors (Lipinski definition) is 4. The van der Waals surface area contributed by atoms with Crippen molar-refractivity contribution in [1.29, 1.82) is 0 Å². The molecule has 0 aliphatic rings. The molecule has 0 saturated heterocycles. The van der Waals surface area contributed by atoms with Crippen LogP contribution in [0.1, 0.15) is 0 Å². The van der Waals surface area contributed by atoms with Crippen molar-refractivity contribution < 1.29 is 40.2 Å². The first-order valence-electron chi connectivity index (χ1n) is 2.28. The van der Waals surface area contributed by atoms with Crippen molar-refractivity contribution >= 4 is 37.2 Å². The van der Waals surface area contributed by atoms with Crippen LogP contribution < -0.4 is 0 Å². The van der Waals surface area contributed by atoms with Gasteiger partial charge < -0.3 is 10.2 Å². The number of carbonyl (C=O) groups is 2. The SMILES string of the molecule is O=C(O)C(S)C(S)C(=O)O.[Re]. The Balaban J connectivity index is 0. The molecule has 11 heavy (non-hydrogen) atoms. The zero-order valence-electron chi connectivity index (χ0n) is 5.14. The molecule has 2 atom stereocenters. The summed E-state index contributed by atoms with van der Waals surface area (Å²) in [6.45, 7) is 0. The first kappa shape index (κ1) is 13.9. The maximum Gasteiger partial charge on any atom is 0.318 e. The van der Waals surface area contributed by atoms with Crippen LogP contribution in [0.25, 0.3) is 0 Å². The average molecular weight is 368 g/mol. The second-order valence-electron chi connectivity index (χ2n) is 1.57. The molecule has 2 N–H and O–H groups in total. The molecule has 2 unspecified atom stereocenters. The molecule has 0 spiro atoms. The fraction of sp³-hybridized carbons (Fsp3) is 0.500. The van der Waals surface area contributed by atoms with Gasteiger partial charge in [0.1, 0.15) is 10.5 Å². The molecule has 0 heterocycles. The molecular formula is C4H6O4ReS2. The molecule has 0 bridgehead atoms.